The summed E-state index contributed by atoms with van der Waals surface area (Å²) in [4.78, 5) is 6.95. The molecule has 2 fully saturated rings. The van der Waals surface area contributed by atoms with E-state index in [2.05, 4.69) is 22.1 Å². The van der Waals surface area contributed by atoms with E-state index in [0.717, 1.165) is 57.4 Å². The van der Waals surface area contributed by atoms with Gasteiger partial charge in [0.15, 0.2) is 5.96 Å². The first-order valence-corrected chi connectivity index (χ1v) is 8.15. The Kier molecular flexibility index (Phi) is 7.64. The lowest BCUT2D eigenvalue weighted by Crippen LogP contribution is -2.53. The molecule has 0 aliphatic carbocycles. The highest BCUT2D eigenvalue weighted by molar-refractivity contribution is 14.0. The summed E-state index contributed by atoms with van der Waals surface area (Å²) in [6.07, 6.45) is 4.29. The fourth-order valence-electron chi connectivity index (χ4n) is 2.97. The first kappa shape index (κ1) is 18.5. The maximum absolute atomic E-state index is 5.90. The summed E-state index contributed by atoms with van der Waals surface area (Å²) in [6, 6.07) is 3.83. The molecule has 1 N–H and O–H groups in total. The third-order valence-electron chi connectivity index (χ3n) is 4.07. The van der Waals surface area contributed by atoms with Crippen LogP contribution in [0, 0.1) is 0 Å². The number of nitrogens with zero attached hydrogens (tertiary/aromatic N) is 2. The van der Waals surface area contributed by atoms with Gasteiger partial charge in [-0.2, -0.15) is 0 Å². The molecular formula is C16H26IN3O3. The lowest BCUT2D eigenvalue weighted by Gasteiger charge is -2.37. The van der Waals surface area contributed by atoms with E-state index in [9.17, 15) is 0 Å². The largest absolute Gasteiger partial charge is 0.467 e. The molecule has 6 nitrogen and oxygen atoms in total. The average Bonchev–Trinajstić information content (AvgIpc) is 3.24. The van der Waals surface area contributed by atoms with Crippen molar-refractivity contribution in [3.05, 3.63) is 24.2 Å². The Morgan fingerprint density at radius 3 is 2.91 bits per heavy atom. The van der Waals surface area contributed by atoms with Crippen molar-refractivity contribution in [2.75, 3.05) is 32.8 Å². The van der Waals surface area contributed by atoms with Crippen molar-refractivity contribution in [3.8, 4) is 0 Å². The lowest BCUT2D eigenvalue weighted by molar-refractivity contribution is -0.0817. The van der Waals surface area contributed by atoms with Gasteiger partial charge >= 0.3 is 0 Å². The van der Waals surface area contributed by atoms with Crippen molar-refractivity contribution in [1.82, 2.24) is 10.2 Å². The first-order chi connectivity index (χ1) is 10.9. The van der Waals surface area contributed by atoms with Crippen LogP contribution in [0.3, 0.4) is 0 Å². The smallest absolute Gasteiger partial charge is 0.194 e. The maximum atomic E-state index is 5.90. The molecule has 2 aliphatic heterocycles. The Hall–Kier alpha value is -0.800. The van der Waals surface area contributed by atoms with Crippen LogP contribution in [0.15, 0.2) is 27.8 Å². The molecule has 3 heterocycles. The highest BCUT2D eigenvalue weighted by Crippen LogP contribution is 2.21. The zero-order valence-electron chi connectivity index (χ0n) is 13.6. The standard InChI is InChI=1S/C16H25N3O3.HI/c1-2-17-16(18-11-13-5-3-8-20-13)19-7-10-22-15(12-19)14-6-4-9-21-14;/h3,5,8,14-15H,2,4,6-7,9-12H2,1H3,(H,17,18);1H. The summed E-state index contributed by atoms with van der Waals surface area (Å²) in [5.41, 5.74) is 0. The number of aliphatic imine (C=N–C) groups is 1. The maximum Gasteiger partial charge on any atom is 0.194 e. The number of rotatable bonds is 4. The summed E-state index contributed by atoms with van der Waals surface area (Å²) in [5, 5.41) is 3.36. The SMILES string of the molecule is CCNC(=NCc1ccco1)N1CCOC(C2CCCO2)C1.I. The van der Waals surface area contributed by atoms with E-state index in [1.54, 1.807) is 6.26 Å². The zero-order chi connectivity index (χ0) is 15.2. The number of hydrogen-bond acceptors (Lipinski definition) is 4. The molecule has 0 spiro atoms. The van der Waals surface area contributed by atoms with Gasteiger partial charge < -0.3 is 24.1 Å². The predicted molar refractivity (Wildman–Crippen MR) is 99.2 cm³/mol. The van der Waals surface area contributed by atoms with E-state index in [-0.39, 0.29) is 36.2 Å². The number of furan rings is 1. The van der Waals surface area contributed by atoms with Crippen LogP contribution in [-0.2, 0) is 16.0 Å². The number of nitrogens with one attached hydrogen (secondary N) is 1. The van der Waals surface area contributed by atoms with E-state index in [0.29, 0.717) is 6.54 Å². The minimum absolute atomic E-state index is 0. The van der Waals surface area contributed by atoms with Crippen LogP contribution in [0.25, 0.3) is 0 Å². The topological polar surface area (TPSA) is 59.2 Å². The molecule has 0 bridgehead atoms. The molecule has 0 amide bonds. The summed E-state index contributed by atoms with van der Waals surface area (Å²) >= 11 is 0. The van der Waals surface area contributed by atoms with Crippen LogP contribution >= 0.6 is 24.0 Å². The van der Waals surface area contributed by atoms with Crippen molar-refractivity contribution in [3.63, 3.8) is 0 Å². The molecule has 0 radical (unpaired) electrons. The molecule has 2 saturated heterocycles. The Morgan fingerprint density at radius 1 is 1.35 bits per heavy atom. The van der Waals surface area contributed by atoms with Gasteiger partial charge in [-0.05, 0) is 31.9 Å². The van der Waals surface area contributed by atoms with Crippen LogP contribution in [0.1, 0.15) is 25.5 Å². The molecule has 1 aromatic heterocycles. The summed E-state index contributed by atoms with van der Waals surface area (Å²) < 4.78 is 17.0. The molecule has 2 aliphatic rings. The van der Waals surface area contributed by atoms with Crippen molar-refractivity contribution in [2.24, 2.45) is 4.99 Å². The lowest BCUT2D eigenvalue weighted by atomic mass is 10.1. The minimum atomic E-state index is 0. The molecule has 3 rings (SSSR count). The minimum Gasteiger partial charge on any atom is -0.467 e. The third-order valence-corrected chi connectivity index (χ3v) is 4.07. The van der Waals surface area contributed by atoms with E-state index >= 15 is 0 Å². The Labute approximate surface area is 154 Å². The van der Waals surface area contributed by atoms with Gasteiger partial charge in [-0.15, -0.1) is 24.0 Å². The van der Waals surface area contributed by atoms with Crippen molar-refractivity contribution >= 4 is 29.9 Å². The van der Waals surface area contributed by atoms with Crippen LogP contribution in [0.2, 0.25) is 0 Å². The highest BCUT2D eigenvalue weighted by atomic mass is 127. The number of morpholine rings is 1. The summed E-state index contributed by atoms with van der Waals surface area (Å²) in [5.74, 6) is 1.80. The van der Waals surface area contributed by atoms with E-state index < -0.39 is 0 Å². The number of hydrogen-bond donors (Lipinski definition) is 1. The first-order valence-electron chi connectivity index (χ1n) is 8.15. The van der Waals surface area contributed by atoms with Crippen LogP contribution in [-0.4, -0.2) is 55.9 Å². The van der Waals surface area contributed by atoms with Gasteiger partial charge in [-0.3, -0.25) is 0 Å². The normalized spacial score (nSPS) is 25.3. The Balaban J connectivity index is 0.00000192. The second kappa shape index (κ2) is 9.48. The number of halogens is 1. The van der Waals surface area contributed by atoms with Gasteiger partial charge in [0.25, 0.3) is 0 Å². The van der Waals surface area contributed by atoms with Gasteiger partial charge in [0.2, 0.25) is 0 Å². The number of guanidine groups is 1. The van der Waals surface area contributed by atoms with Gasteiger partial charge in [0.05, 0.1) is 19.0 Å². The molecule has 0 aromatic carbocycles. The molecular weight excluding hydrogens is 409 g/mol. The molecule has 130 valence electrons. The second-order valence-electron chi connectivity index (χ2n) is 5.66. The highest BCUT2D eigenvalue weighted by Gasteiger charge is 2.32. The molecule has 2 atom stereocenters. The van der Waals surface area contributed by atoms with Crippen LogP contribution in [0.4, 0.5) is 0 Å². The molecule has 23 heavy (non-hydrogen) atoms. The summed E-state index contributed by atoms with van der Waals surface area (Å²) in [7, 11) is 0. The monoisotopic (exact) mass is 435 g/mol. The van der Waals surface area contributed by atoms with Crippen molar-refractivity contribution in [1.29, 1.82) is 0 Å². The van der Waals surface area contributed by atoms with Gasteiger partial charge in [0, 0.05) is 26.2 Å². The van der Waals surface area contributed by atoms with E-state index in [1.165, 1.54) is 0 Å². The van der Waals surface area contributed by atoms with Gasteiger partial charge in [-0.25, -0.2) is 4.99 Å². The molecule has 2 unspecified atom stereocenters. The van der Waals surface area contributed by atoms with Gasteiger partial charge in [-0.1, -0.05) is 0 Å². The van der Waals surface area contributed by atoms with Crippen LogP contribution in [0.5, 0.6) is 0 Å². The molecule has 0 saturated carbocycles. The zero-order valence-corrected chi connectivity index (χ0v) is 15.9. The Bertz CT molecular complexity index is 475. The van der Waals surface area contributed by atoms with E-state index in [1.807, 2.05) is 12.1 Å². The number of ether oxygens (including phenoxy) is 2. The third kappa shape index (κ3) is 5.09. The van der Waals surface area contributed by atoms with Crippen molar-refractivity contribution < 1.29 is 13.9 Å². The molecule has 1 aromatic rings. The fourth-order valence-corrected chi connectivity index (χ4v) is 2.97. The quantitative estimate of drug-likeness (QED) is 0.447. The summed E-state index contributed by atoms with van der Waals surface area (Å²) in [6.45, 7) is 6.74. The van der Waals surface area contributed by atoms with E-state index in [4.69, 9.17) is 13.9 Å². The van der Waals surface area contributed by atoms with Crippen LogP contribution < -0.4 is 5.32 Å². The predicted octanol–water partition coefficient (Wildman–Crippen LogP) is 2.24. The molecule has 7 heteroatoms. The fraction of sp³-hybridized carbons (Fsp3) is 0.688. The van der Waals surface area contributed by atoms with Gasteiger partial charge in [0.1, 0.15) is 18.4 Å². The Morgan fingerprint density at radius 2 is 2.22 bits per heavy atom. The second-order valence-corrected chi connectivity index (χ2v) is 5.66. The average molecular weight is 435 g/mol. The van der Waals surface area contributed by atoms with Crippen molar-refractivity contribution in [2.45, 2.75) is 38.5 Å².